The molecule has 1 aromatic heterocycles. The highest BCUT2D eigenvalue weighted by Crippen LogP contribution is 2.32. The summed E-state index contributed by atoms with van der Waals surface area (Å²) in [6, 6.07) is 5.34. The first-order valence-corrected chi connectivity index (χ1v) is 6.59. The van der Waals surface area contributed by atoms with Crippen LogP contribution < -0.4 is 5.73 Å². The fraction of sp³-hybridized carbons (Fsp3) is 0.333. The molecule has 6 heteroatoms. The van der Waals surface area contributed by atoms with Crippen molar-refractivity contribution in [2.45, 2.75) is 16.9 Å². The van der Waals surface area contributed by atoms with Gasteiger partial charge in [0.2, 0.25) is 5.91 Å². The quantitative estimate of drug-likeness (QED) is 0.835. The number of nitrogen functional groups attached to an aromatic ring is 1. The average Bonchev–Trinajstić information content (AvgIpc) is 2.86. The van der Waals surface area contributed by atoms with Crippen LogP contribution in [0, 0.1) is 0 Å². The Morgan fingerprint density at radius 2 is 2.39 bits per heavy atom. The fourth-order valence-electron chi connectivity index (χ4n) is 2.00. The Bertz CT molecular complexity index is 610. The summed E-state index contributed by atoms with van der Waals surface area (Å²) in [5.41, 5.74) is 7.78. The van der Waals surface area contributed by atoms with Crippen molar-refractivity contribution >= 4 is 34.5 Å². The molecule has 1 unspecified atom stereocenters. The summed E-state index contributed by atoms with van der Waals surface area (Å²) in [4.78, 5) is 17.9. The molecule has 0 aliphatic carbocycles. The molecule has 1 saturated heterocycles. The first kappa shape index (κ1) is 11.4. The zero-order chi connectivity index (χ0) is 12.7. The molecule has 1 amide bonds. The highest BCUT2D eigenvalue weighted by Gasteiger charge is 2.31. The minimum Gasteiger partial charge on any atom is -0.431 e. The molecule has 1 atom stereocenters. The standard InChI is InChI=1S/C12H13N3O2S/c1-15-5-4-10(11(15)16)18-12-14-8-6-7(13)2-3-9(8)17-12/h2-3,6,10H,4-5,13H2,1H3. The van der Waals surface area contributed by atoms with Crippen LogP contribution in [0.5, 0.6) is 0 Å². The van der Waals surface area contributed by atoms with Gasteiger partial charge in [0.15, 0.2) is 5.58 Å². The second kappa shape index (κ2) is 4.20. The number of carbonyl (C=O) groups excluding carboxylic acids is 1. The number of amides is 1. The number of likely N-dealkylation sites (tertiary alicyclic amines) is 1. The van der Waals surface area contributed by atoms with E-state index in [0.29, 0.717) is 16.5 Å². The number of benzene rings is 1. The molecule has 3 rings (SSSR count). The van der Waals surface area contributed by atoms with E-state index in [-0.39, 0.29) is 11.2 Å². The summed E-state index contributed by atoms with van der Waals surface area (Å²) in [5.74, 6) is 0.141. The van der Waals surface area contributed by atoms with Crippen molar-refractivity contribution in [2.75, 3.05) is 19.3 Å². The molecule has 1 aliphatic heterocycles. The Balaban J connectivity index is 1.85. The van der Waals surface area contributed by atoms with E-state index in [1.165, 1.54) is 11.8 Å². The highest BCUT2D eigenvalue weighted by molar-refractivity contribution is 8.00. The van der Waals surface area contributed by atoms with Gasteiger partial charge in [-0.3, -0.25) is 4.79 Å². The van der Waals surface area contributed by atoms with Crippen LogP contribution in [-0.4, -0.2) is 34.6 Å². The molecule has 0 bridgehead atoms. The number of hydrogen-bond acceptors (Lipinski definition) is 5. The lowest BCUT2D eigenvalue weighted by atomic mass is 10.3. The number of oxazole rings is 1. The molecule has 0 spiro atoms. The van der Waals surface area contributed by atoms with E-state index in [9.17, 15) is 4.79 Å². The van der Waals surface area contributed by atoms with Crippen molar-refractivity contribution in [3.8, 4) is 0 Å². The van der Waals surface area contributed by atoms with E-state index in [1.54, 1.807) is 23.1 Å². The van der Waals surface area contributed by atoms with Gasteiger partial charge in [-0.05, 0) is 24.6 Å². The van der Waals surface area contributed by atoms with E-state index in [4.69, 9.17) is 10.2 Å². The van der Waals surface area contributed by atoms with E-state index >= 15 is 0 Å². The van der Waals surface area contributed by atoms with Crippen LogP contribution in [-0.2, 0) is 4.79 Å². The second-order valence-corrected chi connectivity index (χ2v) is 5.52. The van der Waals surface area contributed by atoms with Crippen molar-refractivity contribution in [1.82, 2.24) is 9.88 Å². The molecule has 0 radical (unpaired) electrons. The summed E-state index contributed by atoms with van der Waals surface area (Å²) in [7, 11) is 1.82. The maximum absolute atomic E-state index is 11.8. The number of carbonyl (C=O) groups is 1. The Kier molecular flexibility index (Phi) is 2.66. The molecule has 1 aromatic carbocycles. The molecule has 5 nitrogen and oxygen atoms in total. The van der Waals surface area contributed by atoms with E-state index < -0.39 is 0 Å². The van der Waals surface area contributed by atoms with Gasteiger partial charge in [-0.2, -0.15) is 0 Å². The first-order valence-electron chi connectivity index (χ1n) is 5.71. The second-order valence-electron chi connectivity index (χ2n) is 4.36. The Hall–Kier alpha value is -1.69. The van der Waals surface area contributed by atoms with Crippen molar-refractivity contribution in [2.24, 2.45) is 0 Å². The molecule has 18 heavy (non-hydrogen) atoms. The SMILES string of the molecule is CN1CCC(Sc2nc3cc(N)ccc3o2)C1=O. The Morgan fingerprint density at radius 3 is 3.11 bits per heavy atom. The topological polar surface area (TPSA) is 72.4 Å². The van der Waals surface area contributed by atoms with Crippen LogP contribution in [0.2, 0.25) is 0 Å². The normalized spacial score (nSPS) is 19.9. The summed E-state index contributed by atoms with van der Waals surface area (Å²) < 4.78 is 5.59. The van der Waals surface area contributed by atoms with E-state index in [0.717, 1.165) is 18.5 Å². The molecular formula is C12H13N3O2S. The van der Waals surface area contributed by atoms with Crippen LogP contribution in [0.1, 0.15) is 6.42 Å². The fourth-order valence-corrected chi connectivity index (χ4v) is 3.03. The smallest absolute Gasteiger partial charge is 0.257 e. The maximum Gasteiger partial charge on any atom is 0.257 e. The van der Waals surface area contributed by atoms with Crippen molar-refractivity contribution in [1.29, 1.82) is 0 Å². The van der Waals surface area contributed by atoms with Crippen molar-refractivity contribution in [3.63, 3.8) is 0 Å². The van der Waals surface area contributed by atoms with Crippen LogP contribution in [0.25, 0.3) is 11.1 Å². The summed E-state index contributed by atoms with van der Waals surface area (Å²) in [6.45, 7) is 0.795. The van der Waals surface area contributed by atoms with Gasteiger partial charge < -0.3 is 15.1 Å². The minimum absolute atomic E-state index is 0.0830. The maximum atomic E-state index is 11.8. The summed E-state index contributed by atoms with van der Waals surface area (Å²) >= 11 is 1.38. The van der Waals surface area contributed by atoms with Gasteiger partial charge in [-0.25, -0.2) is 4.98 Å². The van der Waals surface area contributed by atoms with Crippen LogP contribution in [0.4, 0.5) is 5.69 Å². The number of aromatic nitrogens is 1. The zero-order valence-corrected chi connectivity index (χ0v) is 10.7. The number of nitrogens with two attached hydrogens (primary N) is 1. The molecule has 2 N–H and O–H groups in total. The lowest BCUT2D eigenvalue weighted by Crippen LogP contribution is -2.23. The van der Waals surface area contributed by atoms with Gasteiger partial charge in [0.05, 0.1) is 5.25 Å². The average molecular weight is 263 g/mol. The Labute approximate surface area is 108 Å². The molecule has 1 fully saturated rings. The van der Waals surface area contributed by atoms with Crippen LogP contribution in [0.3, 0.4) is 0 Å². The van der Waals surface area contributed by atoms with Gasteiger partial charge in [-0.15, -0.1) is 0 Å². The minimum atomic E-state index is -0.0830. The van der Waals surface area contributed by atoms with Gasteiger partial charge in [0.25, 0.3) is 5.22 Å². The largest absolute Gasteiger partial charge is 0.431 e. The number of anilines is 1. The van der Waals surface area contributed by atoms with Gasteiger partial charge in [0, 0.05) is 19.3 Å². The molecule has 94 valence electrons. The Morgan fingerprint density at radius 1 is 1.56 bits per heavy atom. The van der Waals surface area contributed by atoms with Gasteiger partial charge in [0.1, 0.15) is 5.52 Å². The molecular weight excluding hydrogens is 250 g/mol. The monoisotopic (exact) mass is 263 g/mol. The number of fused-ring (bicyclic) bond motifs is 1. The summed E-state index contributed by atoms with van der Waals surface area (Å²) in [5, 5.41) is 0.449. The highest BCUT2D eigenvalue weighted by atomic mass is 32.2. The molecule has 0 saturated carbocycles. The lowest BCUT2D eigenvalue weighted by Gasteiger charge is -2.07. The number of rotatable bonds is 2. The van der Waals surface area contributed by atoms with Crippen LogP contribution in [0.15, 0.2) is 27.8 Å². The van der Waals surface area contributed by atoms with Gasteiger partial charge in [-0.1, -0.05) is 11.8 Å². The third-order valence-electron chi connectivity index (χ3n) is 3.01. The lowest BCUT2D eigenvalue weighted by molar-refractivity contribution is -0.126. The van der Waals surface area contributed by atoms with Crippen LogP contribution >= 0.6 is 11.8 Å². The molecule has 2 aromatic rings. The van der Waals surface area contributed by atoms with E-state index in [1.807, 2.05) is 7.05 Å². The summed E-state index contributed by atoms with van der Waals surface area (Å²) in [6.07, 6.45) is 0.834. The van der Waals surface area contributed by atoms with Crippen molar-refractivity contribution in [3.05, 3.63) is 18.2 Å². The number of thioether (sulfide) groups is 1. The van der Waals surface area contributed by atoms with Gasteiger partial charge >= 0.3 is 0 Å². The zero-order valence-electron chi connectivity index (χ0n) is 9.92. The molecule has 2 heterocycles. The third-order valence-corrected chi connectivity index (χ3v) is 4.11. The third kappa shape index (κ3) is 1.92. The number of hydrogen-bond donors (Lipinski definition) is 1. The molecule has 1 aliphatic rings. The number of nitrogens with zero attached hydrogens (tertiary/aromatic N) is 2. The predicted octanol–water partition coefficient (Wildman–Crippen LogP) is 1.73. The van der Waals surface area contributed by atoms with Crippen molar-refractivity contribution < 1.29 is 9.21 Å². The van der Waals surface area contributed by atoms with E-state index in [2.05, 4.69) is 4.98 Å². The first-order chi connectivity index (χ1) is 8.63. The predicted molar refractivity (Wildman–Crippen MR) is 70.3 cm³/mol.